The van der Waals surface area contributed by atoms with Crippen LogP contribution in [0.15, 0.2) is 6.07 Å². The fourth-order valence-electron chi connectivity index (χ4n) is 2.02. The number of halogens is 3. The van der Waals surface area contributed by atoms with E-state index in [1.54, 1.807) is 50.3 Å². The Hall–Kier alpha value is -1.85. The lowest BCUT2D eigenvalue weighted by Gasteiger charge is -2.20. The van der Waals surface area contributed by atoms with Gasteiger partial charge in [-0.15, -0.1) is 0 Å². The lowest BCUT2D eigenvalue weighted by molar-refractivity contribution is -0.0515. The molecule has 0 saturated heterocycles. The highest BCUT2D eigenvalue weighted by Crippen LogP contribution is 2.38. The Balaban J connectivity index is 2.93. The van der Waals surface area contributed by atoms with E-state index in [9.17, 15) is 18.4 Å². The SMILES string of the molecule is COC(=O)c1c(C)cc(OC(F)F)c(OCCNC(=O)OC(C)(C)C)c1I. The first-order chi connectivity index (χ1) is 12.5. The molecule has 0 heterocycles. The molecule has 1 aromatic carbocycles. The first-order valence-electron chi connectivity index (χ1n) is 7.92. The molecule has 0 spiro atoms. The Bertz CT molecular complexity index is 691. The van der Waals surface area contributed by atoms with Gasteiger partial charge in [-0.25, -0.2) is 9.59 Å². The van der Waals surface area contributed by atoms with Crippen LogP contribution in [0.5, 0.6) is 11.5 Å². The standard InChI is InChI=1S/C17H22F2INO6/c1-9-8-10(26-15(18)19)13(12(20)11(9)14(22)24-5)25-7-6-21-16(23)27-17(2,3)4/h8,15H,6-7H2,1-5H3,(H,21,23). The first kappa shape index (κ1) is 23.2. The van der Waals surface area contributed by atoms with Crippen LogP contribution in [0.3, 0.4) is 0 Å². The van der Waals surface area contributed by atoms with Crippen molar-refractivity contribution in [3.05, 3.63) is 20.8 Å². The van der Waals surface area contributed by atoms with Gasteiger partial charge in [-0.05, 0) is 61.9 Å². The van der Waals surface area contributed by atoms with E-state index in [2.05, 4.69) is 10.1 Å². The molecule has 0 unspecified atom stereocenters. The van der Waals surface area contributed by atoms with Gasteiger partial charge in [0.1, 0.15) is 12.2 Å². The predicted molar refractivity (Wildman–Crippen MR) is 102 cm³/mol. The van der Waals surface area contributed by atoms with Gasteiger partial charge in [0.15, 0.2) is 11.5 Å². The van der Waals surface area contributed by atoms with Gasteiger partial charge in [0, 0.05) is 0 Å². The highest BCUT2D eigenvalue weighted by Gasteiger charge is 2.24. The highest BCUT2D eigenvalue weighted by atomic mass is 127. The Morgan fingerprint density at radius 1 is 1.30 bits per heavy atom. The zero-order chi connectivity index (χ0) is 20.8. The summed E-state index contributed by atoms with van der Waals surface area (Å²) in [6.45, 7) is 3.67. The van der Waals surface area contributed by atoms with E-state index in [4.69, 9.17) is 14.2 Å². The van der Waals surface area contributed by atoms with E-state index < -0.39 is 24.3 Å². The van der Waals surface area contributed by atoms with E-state index in [-0.39, 0.29) is 33.8 Å². The number of hydrogen-bond acceptors (Lipinski definition) is 6. The minimum Gasteiger partial charge on any atom is -0.487 e. The molecule has 1 rings (SSSR count). The molecule has 0 saturated carbocycles. The number of nitrogens with one attached hydrogen (secondary N) is 1. The summed E-state index contributed by atoms with van der Waals surface area (Å²) in [4.78, 5) is 23.5. The van der Waals surface area contributed by atoms with Crippen LogP contribution in [0.2, 0.25) is 0 Å². The van der Waals surface area contributed by atoms with Crippen LogP contribution in [0.1, 0.15) is 36.7 Å². The van der Waals surface area contributed by atoms with Crippen molar-refractivity contribution in [2.75, 3.05) is 20.3 Å². The number of ether oxygens (including phenoxy) is 4. The van der Waals surface area contributed by atoms with E-state index >= 15 is 0 Å². The van der Waals surface area contributed by atoms with Crippen LogP contribution < -0.4 is 14.8 Å². The molecular weight excluding hydrogens is 479 g/mol. The summed E-state index contributed by atoms with van der Waals surface area (Å²) in [6, 6.07) is 1.28. The number of carbonyl (C=O) groups excluding carboxylic acids is 2. The lowest BCUT2D eigenvalue weighted by atomic mass is 10.1. The lowest BCUT2D eigenvalue weighted by Crippen LogP contribution is -2.34. The molecule has 0 atom stereocenters. The van der Waals surface area contributed by atoms with Gasteiger partial charge < -0.3 is 24.3 Å². The van der Waals surface area contributed by atoms with Crippen LogP contribution in [-0.4, -0.2) is 44.5 Å². The fourth-order valence-corrected chi connectivity index (χ4v) is 3.09. The molecule has 0 aliphatic carbocycles. The van der Waals surface area contributed by atoms with Gasteiger partial charge in [0.05, 0.1) is 22.8 Å². The smallest absolute Gasteiger partial charge is 0.407 e. The molecule has 1 N–H and O–H groups in total. The van der Waals surface area contributed by atoms with Crippen molar-refractivity contribution in [2.45, 2.75) is 39.9 Å². The zero-order valence-electron chi connectivity index (χ0n) is 15.7. The van der Waals surface area contributed by atoms with Gasteiger partial charge in [-0.2, -0.15) is 8.78 Å². The van der Waals surface area contributed by atoms with Gasteiger partial charge in [0.2, 0.25) is 0 Å². The average Bonchev–Trinajstić information content (AvgIpc) is 2.51. The molecule has 1 aromatic rings. The summed E-state index contributed by atoms with van der Waals surface area (Å²) >= 11 is 1.80. The van der Waals surface area contributed by atoms with E-state index in [0.29, 0.717) is 5.56 Å². The molecule has 0 aromatic heterocycles. The van der Waals surface area contributed by atoms with Gasteiger partial charge in [-0.3, -0.25) is 0 Å². The maximum absolute atomic E-state index is 12.7. The Morgan fingerprint density at radius 2 is 1.93 bits per heavy atom. The summed E-state index contributed by atoms with van der Waals surface area (Å²) in [5, 5.41) is 2.48. The van der Waals surface area contributed by atoms with E-state index in [1.165, 1.54) is 13.2 Å². The predicted octanol–water partition coefficient (Wildman–Crippen LogP) is 3.89. The molecule has 27 heavy (non-hydrogen) atoms. The summed E-state index contributed by atoms with van der Waals surface area (Å²) in [5.74, 6) is -0.873. The Labute approximate surface area is 169 Å². The van der Waals surface area contributed by atoms with Crippen LogP contribution in [0.4, 0.5) is 13.6 Å². The van der Waals surface area contributed by atoms with Crippen molar-refractivity contribution in [1.82, 2.24) is 5.32 Å². The molecule has 10 heteroatoms. The summed E-state index contributed by atoms with van der Waals surface area (Å²) in [7, 11) is 1.21. The molecule has 0 bridgehead atoms. The number of rotatable bonds is 7. The maximum atomic E-state index is 12.7. The second-order valence-corrected chi connectivity index (χ2v) is 7.44. The van der Waals surface area contributed by atoms with Crippen molar-refractivity contribution in [2.24, 2.45) is 0 Å². The topological polar surface area (TPSA) is 83.1 Å². The zero-order valence-corrected chi connectivity index (χ0v) is 17.8. The van der Waals surface area contributed by atoms with Gasteiger partial charge >= 0.3 is 18.7 Å². The van der Waals surface area contributed by atoms with Crippen LogP contribution in [0, 0.1) is 10.5 Å². The van der Waals surface area contributed by atoms with Crippen LogP contribution in [-0.2, 0) is 9.47 Å². The summed E-state index contributed by atoms with van der Waals surface area (Å²) < 4.78 is 45.4. The quantitative estimate of drug-likeness (QED) is 0.347. The number of hydrogen-bond donors (Lipinski definition) is 1. The molecule has 0 aliphatic rings. The summed E-state index contributed by atoms with van der Waals surface area (Å²) in [5.41, 5.74) is -0.0544. The number of carbonyl (C=O) groups is 2. The van der Waals surface area contributed by atoms with Crippen molar-refractivity contribution < 1.29 is 37.3 Å². The number of amides is 1. The number of alkyl halides is 2. The van der Waals surface area contributed by atoms with E-state index in [0.717, 1.165) is 0 Å². The van der Waals surface area contributed by atoms with Gasteiger partial charge in [-0.1, -0.05) is 0 Å². The van der Waals surface area contributed by atoms with Gasteiger partial charge in [0.25, 0.3) is 0 Å². The first-order valence-corrected chi connectivity index (χ1v) is 9.00. The number of methoxy groups -OCH3 is 1. The molecule has 152 valence electrons. The molecule has 0 fully saturated rings. The van der Waals surface area contributed by atoms with Crippen molar-refractivity contribution in [1.29, 1.82) is 0 Å². The largest absolute Gasteiger partial charge is 0.487 e. The minimum absolute atomic E-state index is 0.0344. The average molecular weight is 501 g/mol. The second-order valence-electron chi connectivity index (χ2n) is 6.36. The van der Waals surface area contributed by atoms with Crippen LogP contribution in [0.25, 0.3) is 0 Å². The number of benzene rings is 1. The number of alkyl carbamates (subject to hydrolysis) is 1. The van der Waals surface area contributed by atoms with Crippen molar-refractivity contribution in [3.63, 3.8) is 0 Å². The Morgan fingerprint density at radius 3 is 2.44 bits per heavy atom. The van der Waals surface area contributed by atoms with Crippen molar-refractivity contribution in [3.8, 4) is 11.5 Å². The van der Waals surface area contributed by atoms with Crippen molar-refractivity contribution >= 4 is 34.7 Å². The number of esters is 1. The molecule has 7 nitrogen and oxygen atoms in total. The Kier molecular flexibility index (Phi) is 8.51. The van der Waals surface area contributed by atoms with Crippen LogP contribution >= 0.6 is 22.6 Å². The van der Waals surface area contributed by atoms with E-state index in [1.807, 2.05) is 0 Å². The normalized spacial score (nSPS) is 11.1. The second kappa shape index (κ2) is 9.90. The fraction of sp³-hybridized carbons (Fsp3) is 0.529. The number of aryl methyl sites for hydroxylation is 1. The third-order valence-electron chi connectivity index (χ3n) is 3.01. The highest BCUT2D eigenvalue weighted by molar-refractivity contribution is 14.1. The monoisotopic (exact) mass is 501 g/mol. The minimum atomic E-state index is -3.06. The third kappa shape index (κ3) is 7.35. The summed E-state index contributed by atoms with van der Waals surface area (Å²) in [6.07, 6.45) is -0.635. The molecule has 0 aliphatic heterocycles. The molecule has 1 amide bonds. The molecule has 0 radical (unpaired) electrons. The molecular formula is C17H22F2INO6. The third-order valence-corrected chi connectivity index (χ3v) is 4.04. The maximum Gasteiger partial charge on any atom is 0.407 e.